The van der Waals surface area contributed by atoms with Crippen LogP contribution in [0.15, 0.2) is 30.3 Å². The molecule has 0 bridgehead atoms. The van der Waals surface area contributed by atoms with Crippen molar-refractivity contribution < 1.29 is 9.53 Å². The van der Waals surface area contributed by atoms with Gasteiger partial charge in [-0.3, -0.25) is 9.69 Å². The average Bonchev–Trinajstić information content (AvgIpc) is 2.63. The van der Waals surface area contributed by atoms with Gasteiger partial charge in [-0.05, 0) is 31.2 Å². The minimum absolute atomic E-state index is 0.140. The third kappa shape index (κ3) is 5.65. The molecule has 0 atom stereocenters. The number of esters is 1. The fourth-order valence-corrected chi connectivity index (χ4v) is 3.41. The first kappa shape index (κ1) is 18.5. The summed E-state index contributed by atoms with van der Waals surface area (Å²) in [5, 5.41) is 9.66. The van der Waals surface area contributed by atoms with Gasteiger partial charge in [-0.1, -0.05) is 43.2 Å². The largest absolute Gasteiger partial charge is 0.469 e. The van der Waals surface area contributed by atoms with Crippen LogP contribution in [0.2, 0.25) is 0 Å². The summed E-state index contributed by atoms with van der Waals surface area (Å²) >= 11 is 0. The molecule has 1 fully saturated rings. The number of unbranched alkanes of at least 4 members (excludes halogenated alkanes) is 2. The number of methoxy groups -OCH3 is 1. The van der Waals surface area contributed by atoms with Gasteiger partial charge in [0.05, 0.1) is 18.6 Å². The maximum Gasteiger partial charge on any atom is 0.305 e. The molecule has 0 unspecified atom stereocenters. The van der Waals surface area contributed by atoms with Crippen molar-refractivity contribution in [2.75, 3.05) is 20.2 Å². The molecule has 1 aromatic carbocycles. The van der Waals surface area contributed by atoms with Crippen molar-refractivity contribution in [1.82, 2.24) is 4.90 Å². The molecular formula is C20H28N2O2. The quantitative estimate of drug-likeness (QED) is 0.536. The highest BCUT2D eigenvalue weighted by molar-refractivity contribution is 5.68. The number of benzene rings is 1. The molecule has 2 rings (SSSR count). The Morgan fingerprint density at radius 1 is 1.21 bits per heavy atom. The van der Waals surface area contributed by atoms with E-state index in [1.807, 2.05) is 6.07 Å². The first-order valence-electron chi connectivity index (χ1n) is 8.92. The molecule has 4 heteroatoms. The average molecular weight is 328 g/mol. The number of nitrogens with zero attached hydrogens (tertiary/aromatic N) is 2. The maximum atomic E-state index is 11.1. The minimum atomic E-state index is -0.168. The van der Waals surface area contributed by atoms with Gasteiger partial charge in [-0.2, -0.15) is 5.26 Å². The molecule has 0 radical (unpaired) electrons. The first-order chi connectivity index (χ1) is 11.7. The van der Waals surface area contributed by atoms with E-state index in [-0.39, 0.29) is 11.4 Å². The predicted molar refractivity (Wildman–Crippen MR) is 94.1 cm³/mol. The van der Waals surface area contributed by atoms with Crippen molar-refractivity contribution in [3.8, 4) is 6.07 Å². The van der Waals surface area contributed by atoms with Gasteiger partial charge in [0, 0.05) is 26.1 Å². The standard InChI is InChI=1S/C20H28N2O2/c1-24-19(23)10-6-3-7-11-20(17-21)12-14-22(15-13-20)16-18-8-4-2-5-9-18/h2,4-5,8-9H,3,6-7,10-16H2,1H3. The van der Waals surface area contributed by atoms with Crippen LogP contribution in [-0.2, 0) is 16.1 Å². The summed E-state index contributed by atoms with van der Waals surface area (Å²) in [5.74, 6) is -0.140. The molecule has 1 aromatic rings. The number of hydrogen-bond acceptors (Lipinski definition) is 4. The molecule has 4 nitrogen and oxygen atoms in total. The Morgan fingerprint density at radius 2 is 1.92 bits per heavy atom. The van der Waals surface area contributed by atoms with Crippen LogP contribution in [0.25, 0.3) is 0 Å². The summed E-state index contributed by atoms with van der Waals surface area (Å²) in [6.45, 7) is 2.96. The molecule has 1 heterocycles. The third-order valence-electron chi connectivity index (χ3n) is 5.06. The van der Waals surface area contributed by atoms with Gasteiger partial charge in [0.2, 0.25) is 0 Å². The maximum absolute atomic E-state index is 11.1. The second kappa shape index (κ2) is 9.44. The molecule has 0 aromatic heterocycles. The van der Waals surface area contributed by atoms with Crippen LogP contribution < -0.4 is 0 Å². The van der Waals surface area contributed by atoms with Crippen LogP contribution in [0.4, 0.5) is 0 Å². The Labute approximate surface area is 145 Å². The first-order valence-corrected chi connectivity index (χ1v) is 8.92. The number of nitriles is 1. The fourth-order valence-electron chi connectivity index (χ4n) is 3.41. The van der Waals surface area contributed by atoms with E-state index >= 15 is 0 Å². The van der Waals surface area contributed by atoms with Crippen LogP contribution in [0.5, 0.6) is 0 Å². The molecular weight excluding hydrogens is 300 g/mol. The number of ether oxygens (including phenoxy) is 1. The molecule has 1 aliphatic rings. The summed E-state index contributed by atoms with van der Waals surface area (Å²) in [6, 6.07) is 13.1. The highest BCUT2D eigenvalue weighted by Crippen LogP contribution is 2.36. The second-order valence-electron chi connectivity index (χ2n) is 6.79. The van der Waals surface area contributed by atoms with E-state index in [4.69, 9.17) is 0 Å². The lowest BCUT2D eigenvalue weighted by Gasteiger charge is -2.37. The summed E-state index contributed by atoms with van der Waals surface area (Å²) in [6.07, 6.45) is 6.20. The Kier molecular flexibility index (Phi) is 7.27. The zero-order chi connectivity index (χ0) is 17.3. The van der Waals surface area contributed by atoms with E-state index in [2.05, 4.69) is 40.0 Å². The molecule has 0 aliphatic carbocycles. The Balaban J connectivity index is 1.71. The predicted octanol–water partition coefficient (Wildman–Crippen LogP) is 3.92. The van der Waals surface area contributed by atoms with Gasteiger partial charge in [-0.15, -0.1) is 0 Å². The van der Waals surface area contributed by atoms with Crippen molar-refractivity contribution in [3.05, 3.63) is 35.9 Å². The second-order valence-corrected chi connectivity index (χ2v) is 6.79. The normalized spacial score (nSPS) is 17.2. The highest BCUT2D eigenvalue weighted by Gasteiger charge is 2.34. The van der Waals surface area contributed by atoms with Crippen LogP contribution in [-0.4, -0.2) is 31.1 Å². The molecule has 24 heavy (non-hydrogen) atoms. The highest BCUT2D eigenvalue weighted by atomic mass is 16.5. The molecule has 0 spiro atoms. The number of likely N-dealkylation sites (tertiary alicyclic amines) is 1. The van der Waals surface area contributed by atoms with Gasteiger partial charge in [0.15, 0.2) is 0 Å². The number of rotatable bonds is 8. The zero-order valence-electron chi connectivity index (χ0n) is 14.7. The molecule has 0 N–H and O–H groups in total. The fraction of sp³-hybridized carbons (Fsp3) is 0.600. The molecule has 0 saturated carbocycles. The topological polar surface area (TPSA) is 53.3 Å². The molecule has 1 saturated heterocycles. The summed E-state index contributed by atoms with van der Waals surface area (Å²) in [5.41, 5.74) is 1.17. The van der Waals surface area contributed by atoms with E-state index < -0.39 is 0 Å². The van der Waals surface area contributed by atoms with Gasteiger partial charge >= 0.3 is 5.97 Å². The number of carbonyl (C=O) groups excluding carboxylic acids is 1. The number of piperidine rings is 1. The smallest absolute Gasteiger partial charge is 0.305 e. The van der Waals surface area contributed by atoms with E-state index in [0.29, 0.717) is 6.42 Å². The zero-order valence-corrected chi connectivity index (χ0v) is 14.7. The summed E-state index contributed by atoms with van der Waals surface area (Å²) < 4.78 is 4.65. The van der Waals surface area contributed by atoms with Gasteiger partial charge in [0.1, 0.15) is 0 Å². The lowest BCUT2D eigenvalue weighted by molar-refractivity contribution is -0.140. The van der Waals surface area contributed by atoms with Crippen molar-refractivity contribution in [2.45, 2.75) is 51.5 Å². The van der Waals surface area contributed by atoms with Crippen molar-refractivity contribution in [3.63, 3.8) is 0 Å². The van der Waals surface area contributed by atoms with Gasteiger partial charge in [-0.25, -0.2) is 0 Å². The molecule has 130 valence electrons. The van der Waals surface area contributed by atoms with Crippen LogP contribution in [0.1, 0.15) is 50.5 Å². The molecule has 0 amide bonds. The summed E-state index contributed by atoms with van der Waals surface area (Å²) in [7, 11) is 1.43. The van der Waals surface area contributed by atoms with Gasteiger partial charge in [0.25, 0.3) is 0 Å². The minimum Gasteiger partial charge on any atom is -0.469 e. The van der Waals surface area contributed by atoms with Crippen molar-refractivity contribution >= 4 is 5.97 Å². The Morgan fingerprint density at radius 3 is 2.54 bits per heavy atom. The lowest BCUT2D eigenvalue weighted by atomic mass is 9.75. The van der Waals surface area contributed by atoms with Crippen LogP contribution >= 0.6 is 0 Å². The monoisotopic (exact) mass is 328 g/mol. The number of carbonyl (C=O) groups is 1. The van der Waals surface area contributed by atoms with E-state index in [1.165, 1.54) is 12.7 Å². The molecule has 1 aliphatic heterocycles. The van der Waals surface area contributed by atoms with Crippen LogP contribution in [0, 0.1) is 16.7 Å². The summed E-state index contributed by atoms with van der Waals surface area (Å²) in [4.78, 5) is 13.5. The van der Waals surface area contributed by atoms with Crippen LogP contribution in [0.3, 0.4) is 0 Å². The third-order valence-corrected chi connectivity index (χ3v) is 5.06. The van der Waals surface area contributed by atoms with Crippen molar-refractivity contribution in [2.24, 2.45) is 5.41 Å². The van der Waals surface area contributed by atoms with E-state index in [9.17, 15) is 10.1 Å². The SMILES string of the molecule is COC(=O)CCCCCC1(C#N)CCN(Cc2ccccc2)CC1. The van der Waals surface area contributed by atoms with E-state index in [0.717, 1.165) is 58.2 Å². The Bertz CT molecular complexity index is 543. The van der Waals surface area contributed by atoms with Gasteiger partial charge < -0.3 is 4.74 Å². The van der Waals surface area contributed by atoms with E-state index in [1.54, 1.807) is 0 Å². The van der Waals surface area contributed by atoms with Crippen molar-refractivity contribution in [1.29, 1.82) is 5.26 Å². The lowest BCUT2D eigenvalue weighted by Crippen LogP contribution is -2.39. The Hall–Kier alpha value is -1.86. The number of hydrogen-bond donors (Lipinski definition) is 0.